The maximum absolute atomic E-state index is 11.8. The quantitative estimate of drug-likeness (QED) is 0.834. The van der Waals surface area contributed by atoms with Crippen LogP contribution >= 0.6 is 0 Å². The molecule has 1 rings (SSSR count). The Balaban J connectivity index is 2.58. The van der Waals surface area contributed by atoms with Crippen molar-refractivity contribution < 1.29 is 9.53 Å². The Hall–Kier alpha value is -1.51. The van der Waals surface area contributed by atoms with Gasteiger partial charge in [-0.05, 0) is 37.0 Å². The molecule has 1 aromatic rings. The van der Waals surface area contributed by atoms with E-state index in [1.807, 2.05) is 38.1 Å². The summed E-state index contributed by atoms with van der Waals surface area (Å²) >= 11 is 0. The molecule has 0 aromatic heterocycles. The molecule has 19 heavy (non-hydrogen) atoms. The molecule has 0 N–H and O–H groups in total. The van der Waals surface area contributed by atoms with Crippen LogP contribution in [-0.2, 0) is 10.2 Å². The first-order valence-electron chi connectivity index (χ1n) is 6.71. The first kappa shape index (κ1) is 15.5. The van der Waals surface area contributed by atoms with Crippen LogP contribution in [0.1, 0.15) is 40.2 Å². The van der Waals surface area contributed by atoms with Crippen molar-refractivity contribution in [3.05, 3.63) is 29.8 Å². The minimum absolute atomic E-state index is 0.00472. The summed E-state index contributed by atoms with van der Waals surface area (Å²) in [5, 5.41) is 0. The second-order valence-corrected chi connectivity index (χ2v) is 6.16. The summed E-state index contributed by atoms with van der Waals surface area (Å²) < 4.78 is 5.52. The molecule has 0 fully saturated rings. The zero-order valence-electron chi connectivity index (χ0n) is 12.9. The zero-order valence-corrected chi connectivity index (χ0v) is 12.9. The van der Waals surface area contributed by atoms with Crippen molar-refractivity contribution >= 4 is 5.91 Å². The summed E-state index contributed by atoms with van der Waals surface area (Å²) in [5.41, 5.74) is 1.39. The molecule has 0 bridgehead atoms. The van der Waals surface area contributed by atoms with Crippen LogP contribution in [0.5, 0.6) is 5.75 Å². The fraction of sp³-hybridized carbons (Fsp3) is 0.562. The Morgan fingerprint density at radius 1 is 1.21 bits per heavy atom. The van der Waals surface area contributed by atoms with Gasteiger partial charge in [-0.2, -0.15) is 0 Å². The fourth-order valence-electron chi connectivity index (χ4n) is 1.59. The Kier molecular flexibility index (Phi) is 4.98. The van der Waals surface area contributed by atoms with E-state index in [1.54, 1.807) is 11.9 Å². The lowest BCUT2D eigenvalue weighted by Gasteiger charge is -2.22. The number of amides is 1. The fourth-order valence-corrected chi connectivity index (χ4v) is 1.59. The molecule has 0 aliphatic rings. The molecule has 0 heterocycles. The van der Waals surface area contributed by atoms with Gasteiger partial charge in [-0.3, -0.25) is 4.79 Å². The van der Waals surface area contributed by atoms with Crippen molar-refractivity contribution in [3.63, 3.8) is 0 Å². The molecule has 3 heteroatoms. The van der Waals surface area contributed by atoms with Gasteiger partial charge in [0.2, 0.25) is 0 Å². The lowest BCUT2D eigenvalue weighted by atomic mass is 9.87. The number of benzene rings is 1. The summed E-state index contributed by atoms with van der Waals surface area (Å²) in [4.78, 5) is 13.5. The number of carbonyl (C=O) groups excluding carboxylic acids is 1. The van der Waals surface area contributed by atoms with Crippen LogP contribution in [0.3, 0.4) is 0 Å². The molecule has 106 valence electrons. The predicted octanol–water partition coefficient (Wildman–Crippen LogP) is 3.23. The average Bonchev–Trinajstić information content (AvgIpc) is 2.34. The van der Waals surface area contributed by atoms with Crippen molar-refractivity contribution in [2.24, 2.45) is 0 Å². The van der Waals surface area contributed by atoms with E-state index in [0.29, 0.717) is 0 Å². The molecule has 0 atom stereocenters. The van der Waals surface area contributed by atoms with Gasteiger partial charge in [0.15, 0.2) is 6.61 Å². The van der Waals surface area contributed by atoms with Crippen LogP contribution in [0, 0.1) is 0 Å². The van der Waals surface area contributed by atoms with E-state index in [-0.39, 0.29) is 24.0 Å². The highest BCUT2D eigenvalue weighted by molar-refractivity contribution is 5.77. The molecule has 0 radical (unpaired) electrons. The maximum atomic E-state index is 11.8. The summed E-state index contributed by atoms with van der Waals surface area (Å²) in [6.07, 6.45) is 0. The summed E-state index contributed by atoms with van der Waals surface area (Å²) in [6, 6.07) is 8.13. The first-order valence-corrected chi connectivity index (χ1v) is 6.71. The van der Waals surface area contributed by atoms with Gasteiger partial charge in [0.25, 0.3) is 5.91 Å². The van der Waals surface area contributed by atoms with Crippen LogP contribution in [0.25, 0.3) is 0 Å². The number of hydrogen-bond donors (Lipinski definition) is 0. The smallest absolute Gasteiger partial charge is 0.260 e. The van der Waals surface area contributed by atoms with E-state index in [9.17, 15) is 4.79 Å². The van der Waals surface area contributed by atoms with E-state index >= 15 is 0 Å². The van der Waals surface area contributed by atoms with E-state index in [1.165, 1.54) is 5.56 Å². The predicted molar refractivity (Wildman–Crippen MR) is 78.5 cm³/mol. The van der Waals surface area contributed by atoms with Crippen LogP contribution in [0.4, 0.5) is 0 Å². The minimum Gasteiger partial charge on any atom is -0.484 e. The van der Waals surface area contributed by atoms with Crippen LogP contribution in [0.2, 0.25) is 0 Å². The van der Waals surface area contributed by atoms with Crippen LogP contribution in [0.15, 0.2) is 24.3 Å². The molecular formula is C16H25NO2. The lowest BCUT2D eigenvalue weighted by Crippen LogP contribution is -2.36. The van der Waals surface area contributed by atoms with Gasteiger partial charge >= 0.3 is 0 Å². The highest BCUT2D eigenvalue weighted by Crippen LogP contribution is 2.24. The second-order valence-electron chi connectivity index (χ2n) is 6.16. The van der Waals surface area contributed by atoms with Gasteiger partial charge in [-0.15, -0.1) is 0 Å². The maximum Gasteiger partial charge on any atom is 0.260 e. The Bertz CT molecular complexity index is 415. The van der Waals surface area contributed by atoms with Crippen molar-refractivity contribution in [3.8, 4) is 5.75 Å². The molecule has 0 aliphatic heterocycles. The molecule has 0 saturated heterocycles. The largest absolute Gasteiger partial charge is 0.484 e. The van der Waals surface area contributed by atoms with Gasteiger partial charge in [0, 0.05) is 13.1 Å². The number of nitrogens with zero attached hydrogens (tertiary/aromatic N) is 1. The molecule has 1 aromatic carbocycles. The molecule has 0 unspecified atom stereocenters. The SMILES string of the molecule is CC(C)N(C)C(=O)COc1ccc(C(C)(C)C)cc1. The third kappa shape index (κ3) is 4.58. The minimum atomic E-state index is -0.00472. The van der Waals surface area contributed by atoms with Crippen molar-refractivity contribution in [2.45, 2.75) is 46.1 Å². The Labute approximate surface area is 116 Å². The summed E-state index contributed by atoms with van der Waals surface area (Å²) in [5.74, 6) is 0.730. The molecule has 3 nitrogen and oxygen atoms in total. The van der Waals surface area contributed by atoms with E-state index in [4.69, 9.17) is 4.74 Å². The normalized spacial score (nSPS) is 11.5. The van der Waals surface area contributed by atoms with Gasteiger partial charge < -0.3 is 9.64 Å². The third-order valence-electron chi connectivity index (χ3n) is 3.25. The van der Waals surface area contributed by atoms with E-state index < -0.39 is 0 Å². The zero-order chi connectivity index (χ0) is 14.6. The monoisotopic (exact) mass is 263 g/mol. The topological polar surface area (TPSA) is 29.5 Å². The second kappa shape index (κ2) is 6.09. The van der Waals surface area contributed by atoms with Gasteiger partial charge in [0.05, 0.1) is 0 Å². The lowest BCUT2D eigenvalue weighted by molar-refractivity contribution is -0.133. The molecule has 0 saturated carbocycles. The number of ether oxygens (including phenoxy) is 1. The summed E-state index contributed by atoms with van der Waals surface area (Å²) in [7, 11) is 1.79. The highest BCUT2D eigenvalue weighted by Gasteiger charge is 2.14. The molecular weight excluding hydrogens is 238 g/mol. The number of rotatable bonds is 4. The molecule has 0 aliphatic carbocycles. The third-order valence-corrected chi connectivity index (χ3v) is 3.25. The first-order chi connectivity index (χ1) is 8.71. The van der Waals surface area contributed by atoms with E-state index in [0.717, 1.165) is 5.75 Å². The number of hydrogen-bond acceptors (Lipinski definition) is 2. The Morgan fingerprint density at radius 3 is 2.16 bits per heavy atom. The van der Waals surface area contributed by atoms with Gasteiger partial charge in [-0.1, -0.05) is 32.9 Å². The van der Waals surface area contributed by atoms with Crippen molar-refractivity contribution in [1.29, 1.82) is 0 Å². The Morgan fingerprint density at radius 2 is 1.74 bits per heavy atom. The molecule has 0 spiro atoms. The standard InChI is InChI=1S/C16H25NO2/c1-12(2)17(6)15(18)11-19-14-9-7-13(8-10-14)16(3,4)5/h7-10,12H,11H2,1-6H3. The van der Waals surface area contributed by atoms with E-state index in [2.05, 4.69) is 20.8 Å². The van der Waals surface area contributed by atoms with Crippen LogP contribution < -0.4 is 4.74 Å². The van der Waals surface area contributed by atoms with Gasteiger partial charge in [0.1, 0.15) is 5.75 Å². The van der Waals surface area contributed by atoms with Crippen molar-refractivity contribution in [2.75, 3.05) is 13.7 Å². The summed E-state index contributed by atoms with van der Waals surface area (Å²) in [6.45, 7) is 10.6. The number of likely N-dealkylation sites (N-methyl/N-ethyl adjacent to an activating group) is 1. The molecule has 1 amide bonds. The van der Waals surface area contributed by atoms with Gasteiger partial charge in [-0.25, -0.2) is 0 Å². The van der Waals surface area contributed by atoms with Crippen molar-refractivity contribution in [1.82, 2.24) is 4.90 Å². The number of carbonyl (C=O) groups is 1. The average molecular weight is 263 g/mol. The highest BCUT2D eigenvalue weighted by atomic mass is 16.5. The van der Waals surface area contributed by atoms with Crippen LogP contribution in [-0.4, -0.2) is 30.5 Å².